The first-order valence-electron chi connectivity index (χ1n) is 8.04. The molecule has 1 heterocycles. The molecule has 1 aromatic heterocycles. The van der Waals surface area contributed by atoms with Crippen molar-refractivity contribution in [1.29, 1.82) is 0 Å². The number of carbonyl (C=O) groups is 1. The summed E-state index contributed by atoms with van der Waals surface area (Å²) in [4.78, 5) is 14.3. The normalized spacial score (nSPS) is 10.5. The van der Waals surface area contributed by atoms with Crippen molar-refractivity contribution >= 4 is 11.6 Å². The Morgan fingerprint density at radius 3 is 2.30 bits per heavy atom. The zero-order valence-electron chi connectivity index (χ0n) is 14.7. The van der Waals surface area contributed by atoms with E-state index in [2.05, 4.69) is 0 Å². The predicted octanol–water partition coefficient (Wildman–Crippen LogP) is 4.42. The maximum atomic E-state index is 14.4. The molecule has 0 saturated heterocycles. The van der Waals surface area contributed by atoms with Gasteiger partial charge in [-0.3, -0.25) is 9.69 Å². The second-order valence-corrected chi connectivity index (χ2v) is 5.67. The summed E-state index contributed by atoms with van der Waals surface area (Å²) in [5.74, 6) is -0.837. The number of hydrogen-bond acceptors (Lipinski definition) is 4. The fourth-order valence-electron chi connectivity index (χ4n) is 2.61. The van der Waals surface area contributed by atoms with E-state index in [0.29, 0.717) is 17.3 Å². The summed E-state index contributed by atoms with van der Waals surface area (Å²) in [5, 5.41) is 0. The fourth-order valence-corrected chi connectivity index (χ4v) is 2.61. The standard InChI is InChI=1S/C20H17F2NO4/c1-25-16-8-13(9-17(11-16)26-2)20(24)23(12-15-4-3-7-27-15)19-6-5-14(21)10-18(19)22/h3-11H,12H2,1-2H3. The van der Waals surface area contributed by atoms with Crippen molar-refractivity contribution < 1.29 is 27.5 Å². The van der Waals surface area contributed by atoms with Crippen LogP contribution in [0.15, 0.2) is 59.2 Å². The predicted molar refractivity (Wildman–Crippen MR) is 95.1 cm³/mol. The first-order chi connectivity index (χ1) is 13.0. The molecule has 5 nitrogen and oxygen atoms in total. The molecule has 0 aliphatic heterocycles. The van der Waals surface area contributed by atoms with Crippen molar-refractivity contribution in [2.75, 3.05) is 19.1 Å². The minimum atomic E-state index is -0.857. The molecule has 3 rings (SSSR count). The number of ether oxygens (including phenoxy) is 2. The second kappa shape index (κ2) is 7.90. The van der Waals surface area contributed by atoms with Crippen LogP contribution in [0.3, 0.4) is 0 Å². The van der Waals surface area contributed by atoms with Crippen LogP contribution in [0.2, 0.25) is 0 Å². The molecule has 0 N–H and O–H groups in total. The van der Waals surface area contributed by atoms with Crippen LogP contribution in [-0.2, 0) is 6.54 Å². The van der Waals surface area contributed by atoms with Gasteiger partial charge in [0.25, 0.3) is 5.91 Å². The maximum absolute atomic E-state index is 14.4. The molecule has 3 aromatic rings. The molecule has 2 aromatic carbocycles. The number of furan rings is 1. The minimum absolute atomic E-state index is 0.0338. The molecular weight excluding hydrogens is 356 g/mol. The Balaban J connectivity index is 2.05. The second-order valence-electron chi connectivity index (χ2n) is 5.67. The number of rotatable bonds is 6. The van der Waals surface area contributed by atoms with Gasteiger partial charge in [0.05, 0.1) is 32.7 Å². The van der Waals surface area contributed by atoms with E-state index in [9.17, 15) is 13.6 Å². The highest BCUT2D eigenvalue weighted by molar-refractivity contribution is 6.06. The van der Waals surface area contributed by atoms with E-state index in [4.69, 9.17) is 13.9 Å². The van der Waals surface area contributed by atoms with Gasteiger partial charge >= 0.3 is 0 Å². The SMILES string of the molecule is COc1cc(OC)cc(C(=O)N(Cc2ccco2)c2ccc(F)cc2F)c1. The highest BCUT2D eigenvalue weighted by Crippen LogP contribution is 2.28. The third-order valence-electron chi connectivity index (χ3n) is 3.94. The van der Waals surface area contributed by atoms with Crippen LogP contribution >= 0.6 is 0 Å². The summed E-state index contributed by atoms with van der Waals surface area (Å²) in [5.41, 5.74) is 0.154. The minimum Gasteiger partial charge on any atom is -0.497 e. The van der Waals surface area contributed by atoms with Gasteiger partial charge in [0.15, 0.2) is 0 Å². The molecule has 0 aliphatic carbocycles. The molecule has 0 fully saturated rings. The fraction of sp³-hybridized carbons (Fsp3) is 0.150. The van der Waals surface area contributed by atoms with Crippen LogP contribution in [0.25, 0.3) is 0 Å². The summed E-state index contributed by atoms with van der Waals surface area (Å²) in [6, 6.07) is 11.0. The zero-order chi connectivity index (χ0) is 19.4. The summed E-state index contributed by atoms with van der Waals surface area (Å²) in [6.07, 6.45) is 1.45. The van der Waals surface area contributed by atoms with Gasteiger partial charge in [0.1, 0.15) is 28.9 Å². The van der Waals surface area contributed by atoms with Crippen LogP contribution in [0.5, 0.6) is 11.5 Å². The molecule has 0 bridgehead atoms. The number of anilines is 1. The third kappa shape index (κ3) is 4.08. The molecule has 0 saturated carbocycles. The van der Waals surface area contributed by atoms with Crippen LogP contribution in [-0.4, -0.2) is 20.1 Å². The van der Waals surface area contributed by atoms with E-state index in [1.54, 1.807) is 18.2 Å². The molecule has 1 amide bonds. The maximum Gasteiger partial charge on any atom is 0.259 e. The average Bonchev–Trinajstić information content (AvgIpc) is 3.19. The lowest BCUT2D eigenvalue weighted by atomic mass is 10.1. The Hall–Kier alpha value is -3.35. The van der Waals surface area contributed by atoms with E-state index in [1.807, 2.05) is 0 Å². The lowest BCUT2D eigenvalue weighted by Gasteiger charge is -2.23. The lowest BCUT2D eigenvalue weighted by Crippen LogP contribution is -2.31. The van der Waals surface area contributed by atoms with E-state index in [-0.39, 0.29) is 17.8 Å². The van der Waals surface area contributed by atoms with Gasteiger partial charge in [0.2, 0.25) is 0 Å². The molecule has 0 aliphatic rings. The van der Waals surface area contributed by atoms with Crippen molar-refractivity contribution in [3.63, 3.8) is 0 Å². The van der Waals surface area contributed by atoms with Gasteiger partial charge in [-0.1, -0.05) is 0 Å². The number of benzene rings is 2. The van der Waals surface area contributed by atoms with Gasteiger partial charge in [-0.25, -0.2) is 8.78 Å². The van der Waals surface area contributed by atoms with Gasteiger partial charge in [0, 0.05) is 17.7 Å². The highest BCUT2D eigenvalue weighted by atomic mass is 19.1. The van der Waals surface area contributed by atoms with Gasteiger partial charge in [-0.2, -0.15) is 0 Å². The number of hydrogen-bond donors (Lipinski definition) is 0. The third-order valence-corrected chi connectivity index (χ3v) is 3.94. The first kappa shape index (κ1) is 18.4. The van der Waals surface area contributed by atoms with Crippen molar-refractivity contribution in [2.24, 2.45) is 0 Å². The highest BCUT2D eigenvalue weighted by Gasteiger charge is 2.23. The van der Waals surface area contributed by atoms with Crippen molar-refractivity contribution in [3.8, 4) is 11.5 Å². The van der Waals surface area contributed by atoms with E-state index in [0.717, 1.165) is 12.1 Å². The van der Waals surface area contributed by atoms with Crippen LogP contribution in [0.4, 0.5) is 14.5 Å². The van der Waals surface area contributed by atoms with Gasteiger partial charge in [-0.15, -0.1) is 0 Å². The summed E-state index contributed by atoms with van der Waals surface area (Å²) < 4.78 is 43.4. The number of nitrogens with zero attached hydrogens (tertiary/aromatic N) is 1. The summed E-state index contributed by atoms with van der Waals surface area (Å²) in [6.45, 7) is -0.0338. The van der Waals surface area contributed by atoms with Crippen molar-refractivity contribution in [1.82, 2.24) is 0 Å². The first-order valence-corrected chi connectivity index (χ1v) is 8.04. The Labute approximate surface area is 154 Å². The van der Waals surface area contributed by atoms with Crippen LogP contribution in [0.1, 0.15) is 16.1 Å². The van der Waals surface area contributed by atoms with E-state index < -0.39 is 17.5 Å². The van der Waals surface area contributed by atoms with Crippen molar-refractivity contribution in [3.05, 3.63) is 77.8 Å². The topological polar surface area (TPSA) is 51.9 Å². The summed E-state index contributed by atoms with van der Waals surface area (Å²) >= 11 is 0. The average molecular weight is 373 g/mol. The molecule has 0 unspecified atom stereocenters. The number of methoxy groups -OCH3 is 2. The molecule has 7 heteroatoms. The van der Waals surface area contributed by atoms with Crippen molar-refractivity contribution in [2.45, 2.75) is 6.54 Å². The lowest BCUT2D eigenvalue weighted by molar-refractivity contribution is 0.0981. The zero-order valence-corrected chi connectivity index (χ0v) is 14.7. The Kier molecular flexibility index (Phi) is 5.40. The van der Waals surface area contributed by atoms with Gasteiger partial charge < -0.3 is 13.9 Å². The molecule has 0 radical (unpaired) electrons. The largest absolute Gasteiger partial charge is 0.497 e. The Morgan fingerprint density at radius 1 is 1.04 bits per heavy atom. The monoisotopic (exact) mass is 373 g/mol. The quantitative estimate of drug-likeness (QED) is 0.642. The smallest absolute Gasteiger partial charge is 0.259 e. The number of halogens is 2. The van der Waals surface area contributed by atoms with E-state index in [1.165, 1.54) is 43.6 Å². The van der Waals surface area contributed by atoms with Crippen LogP contribution in [0, 0.1) is 11.6 Å². The summed E-state index contributed by atoms with van der Waals surface area (Å²) in [7, 11) is 2.92. The van der Waals surface area contributed by atoms with Crippen LogP contribution < -0.4 is 14.4 Å². The molecule has 140 valence electrons. The molecule has 0 spiro atoms. The molecular formula is C20H17F2NO4. The van der Waals surface area contributed by atoms with Gasteiger partial charge in [-0.05, 0) is 36.4 Å². The van der Waals surface area contributed by atoms with E-state index >= 15 is 0 Å². The Bertz CT molecular complexity index is 919. The number of amides is 1. The molecule has 27 heavy (non-hydrogen) atoms. The Morgan fingerprint density at radius 2 is 1.74 bits per heavy atom. The number of carbonyl (C=O) groups excluding carboxylic acids is 1. The molecule has 0 atom stereocenters.